The van der Waals surface area contributed by atoms with Crippen molar-refractivity contribution in [3.05, 3.63) is 58.3 Å². The fraction of sp³-hybridized carbons (Fsp3) is 0.143. The van der Waals surface area contributed by atoms with E-state index in [4.69, 9.17) is 23.2 Å². The predicted octanol–water partition coefficient (Wildman–Crippen LogP) is 4.17. The molecule has 20 heavy (non-hydrogen) atoms. The van der Waals surface area contributed by atoms with Crippen molar-refractivity contribution >= 4 is 46.6 Å². The van der Waals surface area contributed by atoms with Gasteiger partial charge in [-0.25, -0.2) is 0 Å². The highest BCUT2D eigenvalue weighted by Gasteiger charge is 2.35. The molecule has 6 heteroatoms. The molecule has 1 aliphatic heterocycles. The van der Waals surface area contributed by atoms with E-state index in [-0.39, 0.29) is 11.3 Å². The Morgan fingerprint density at radius 2 is 2.10 bits per heavy atom. The summed E-state index contributed by atoms with van der Waals surface area (Å²) in [6.07, 6.45) is 3.48. The van der Waals surface area contributed by atoms with Gasteiger partial charge in [-0.3, -0.25) is 14.7 Å². The highest BCUT2D eigenvalue weighted by molar-refractivity contribution is 8.00. The van der Waals surface area contributed by atoms with Gasteiger partial charge in [0, 0.05) is 18.0 Å². The smallest absolute Gasteiger partial charge is 0.238 e. The van der Waals surface area contributed by atoms with Crippen LogP contribution in [0.2, 0.25) is 10.0 Å². The number of benzene rings is 1. The van der Waals surface area contributed by atoms with Crippen molar-refractivity contribution in [2.45, 2.75) is 5.37 Å². The Morgan fingerprint density at radius 1 is 1.25 bits per heavy atom. The fourth-order valence-electron chi connectivity index (χ4n) is 2.13. The molecular weight excluding hydrogens is 315 g/mol. The molecule has 1 aliphatic rings. The van der Waals surface area contributed by atoms with Crippen LogP contribution in [0.15, 0.2) is 42.7 Å². The molecule has 1 aromatic heterocycles. The number of carbonyl (C=O) groups is 1. The molecule has 3 rings (SSSR count). The summed E-state index contributed by atoms with van der Waals surface area (Å²) in [7, 11) is 0. The third kappa shape index (κ3) is 2.39. The van der Waals surface area contributed by atoms with E-state index in [0.29, 0.717) is 21.5 Å². The summed E-state index contributed by atoms with van der Waals surface area (Å²) in [5, 5.41) is 0.727. The largest absolute Gasteiger partial charge is 0.293 e. The molecule has 1 amide bonds. The van der Waals surface area contributed by atoms with Crippen molar-refractivity contribution in [1.82, 2.24) is 4.98 Å². The van der Waals surface area contributed by atoms with Crippen LogP contribution in [-0.2, 0) is 4.79 Å². The molecule has 1 atom stereocenters. The lowest BCUT2D eigenvalue weighted by atomic mass is 10.2. The Balaban J connectivity index is 2.05. The summed E-state index contributed by atoms with van der Waals surface area (Å²) in [5.41, 5.74) is 1.61. The van der Waals surface area contributed by atoms with E-state index in [1.54, 1.807) is 47.3 Å². The van der Waals surface area contributed by atoms with E-state index >= 15 is 0 Å². The Hall–Kier alpha value is -1.23. The maximum Gasteiger partial charge on any atom is 0.238 e. The lowest BCUT2D eigenvalue weighted by molar-refractivity contribution is -0.115. The Labute approximate surface area is 130 Å². The third-order valence-corrected chi connectivity index (χ3v) is 5.05. The first-order valence-electron chi connectivity index (χ1n) is 5.96. The quantitative estimate of drug-likeness (QED) is 0.831. The summed E-state index contributed by atoms with van der Waals surface area (Å²) >= 11 is 13.8. The predicted molar refractivity (Wildman–Crippen MR) is 83.4 cm³/mol. The minimum atomic E-state index is -0.118. The van der Waals surface area contributed by atoms with Crippen LogP contribution < -0.4 is 4.90 Å². The molecule has 0 radical (unpaired) electrons. The van der Waals surface area contributed by atoms with Crippen LogP contribution >= 0.6 is 35.0 Å². The molecule has 0 saturated carbocycles. The van der Waals surface area contributed by atoms with E-state index in [9.17, 15) is 4.79 Å². The van der Waals surface area contributed by atoms with Crippen molar-refractivity contribution in [3.8, 4) is 0 Å². The summed E-state index contributed by atoms with van der Waals surface area (Å²) < 4.78 is 0. The highest BCUT2D eigenvalue weighted by Crippen LogP contribution is 2.45. The molecule has 1 aromatic carbocycles. The molecule has 0 aliphatic carbocycles. The van der Waals surface area contributed by atoms with Crippen LogP contribution in [0.25, 0.3) is 0 Å². The van der Waals surface area contributed by atoms with Gasteiger partial charge in [0.05, 0.1) is 21.5 Å². The van der Waals surface area contributed by atoms with Crippen LogP contribution in [0.5, 0.6) is 0 Å². The van der Waals surface area contributed by atoms with E-state index in [1.165, 1.54) is 0 Å². The standard InChI is InChI=1S/C14H10Cl2N2OS/c15-10-4-1-5-11(13(10)16)18-12(19)8-20-14(18)9-3-2-6-17-7-9/h1-7,14H,8H2. The second kappa shape index (κ2) is 5.64. The average molecular weight is 325 g/mol. The van der Waals surface area contributed by atoms with E-state index in [2.05, 4.69) is 4.98 Å². The second-order valence-electron chi connectivity index (χ2n) is 4.29. The van der Waals surface area contributed by atoms with Gasteiger partial charge in [0.1, 0.15) is 5.37 Å². The van der Waals surface area contributed by atoms with E-state index in [1.807, 2.05) is 12.1 Å². The normalized spacial score (nSPS) is 18.6. The monoisotopic (exact) mass is 324 g/mol. The number of amides is 1. The first-order chi connectivity index (χ1) is 9.68. The number of pyridine rings is 1. The van der Waals surface area contributed by atoms with E-state index in [0.717, 1.165) is 5.56 Å². The van der Waals surface area contributed by atoms with Crippen LogP contribution in [0, 0.1) is 0 Å². The third-order valence-electron chi connectivity index (χ3n) is 3.03. The Morgan fingerprint density at radius 3 is 2.85 bits per heavy atom. The number of halogens is 2. The van der Waals surface area contributed by atoms with E-state index < -0.39 is 0 Å². The maximum absolute atomic E-state index is 12.2. The molecule has 1 fully saturated rings. The van der Waals surface area contributed by atoms with Gasteiger partial charge in [-0.2, -0.15) is 0 Å². The molecule has 1 saturated heterocycles. The first kappa shape index (κ1) is 13.7. The van der Waals surface area contributed by atoms with Gasteiger partial charge in [-0.05, 0) is 18.2 Å². The number of thioether (sulfide) groups is 1. The molecule has 1 unspecified atom stereocenters. The van der Waals surface area contributed by atoms with Crippen LogP contribution in [0.4, 0.5) is 5.69 Å². The lowest BCUT2D eigenvalue weighted by Crippen LogP contribution is -2.28. The Kier molecular flexibility index (Phi) is 3.87. The molecule has 0 spiro atoms. The topological polar surface area (TPSA) is 33.2 Å². The Bertz CT molecular complexity index is 651. The van der Waals surface area contributed by atoms with Crippen molar-refractivity contribution in [2.24, 2.45) is 0 Å². The summed E-state index contributed by atoms with van der Waals surface area (Å²) in [4.78, 5) is 18.0. The fourth-order valence-corrected chi connectivity index (χ4v) is 3.67. The SMILES string of the molecule is O=C1CSC(c2cccnc2)N1c1cccc(Cl)c1Cl. The van der Waals surface area contributed by atoms with Crippen molar-refractivity contribution in [3.63, 3.8) is 0 Å². The van der Waals surface area contributed by atoms with Crippen molar-refractivity contribution < 1.29 is 4.79 Å². The summed E-state index contributed by atoms with van der Waals surface area (Å²) in [6, 6.07) is 9.12. The molecule has 0 N–H and O–H groups in total. The minimum Gasteiger partial charge on any atom is -0.293 e. The molecule has 2 heterocycles. The summed E-state index contributed by atoms with van der Waals surface area (Å²) in [5.74, 6) is 0.440. The number of anilines is 1. The van der Waals surface area contributed by atoms with Gasteiger partial charge in [0.2, 0.25) is 5.91 Å². The van der Waals surface area contributed by atoms with Gasteiger partial charge in [-0.1, -0.05) is 35.3 Å². The number of rotatable bonds is 2. The maximum atomic E-state index is 12.2. The first-order valence-corrected chi connectivity index (χ1v) is 7.76. The zero-order valence-electron chi connectivity index (χ0n) is 10.3. The van der Waals surface area contributed by atoms with Crippen LogP contribution in [-0.4, -0.2) is 16.6 Å². The number of hydrogen-bond acceptors (Lipinski definition) is 3. The molecule has 102 valence electrons. The van der Waals surface area contributed by atoms with Gasteiger partial charge < -0.3 is 0 Å². The number of nitrogens with zero attached hydrogens (tertiary/aromatic N) is 2. The second-order valence-corrected chi connectivity index (χ2v) is 6.14. The lowest BCUT2D eigenvalue weighted by Gasteiger charge is -2.25. The van der Waals surface area contributed by atoms with Crippen molar-refractivity contribution in [1.29, 1.82) is 0 Å². The minimum absolute atomic E-state index is 0.0213. The zero-order valence-corrected chi connectivity index (χ0v) is 12.6. The molecule has 2 aromatic rings. The van der Waals surface area contributed by atoms with Crippen LogP contribution in [0.1, 0.15) is 10.9 Å². The van der Waals surface area contributed by atoms with Gasteiger partial charge in [0.15, 0.2) is 0 Å². The zero-order chi connectivity index (χ0) is 14.1. The van der Waals surface area contributed by atoms with Gasteiger partial charge in [0.25, 0.3) is 0 Å². The van der Waals surface area contributed by atoms with Gasteiger partial charge >= 0.3 is 0 Å². The average Bonchev–Trinajstić information content (AvgIpc) is 2.85. The van der Waals surface area contributed by atoms with Gasteiger partial charge in [-0.15, -0.1) is 11.8 Å². The molecule has 3 nitrogen and oxygen atoms in total. The number of hydrogen-bond donors (Lipinski definition) is 0. The molecular formula is C14H10Cl2N2OS. The van der Waals surface area contributed by atoms with Crippen LogP contribution in [0.3, 0.4) is 0 Å². The number of carbonyl (C=O) groups excluding carboxylic acids is 1. The summed E-state index contributed by atoms with van der Waals surface area (Å²) in [6.45, 7) is 0. The highest BCUT2D eigenvalue weighted by atomic mass is 35.5. The molecule has 0 bridgehead atoms. The van der Waals surface area contributed by atoms with Crippen molar-refractivity contribution in [2.75, 3.05) is 10.7 Å². The number of aromatic nitrogens is 1.